The smallest absolute Gasteiger partial charge is 0.153 e. The first-order valence-electron chi connectivity index (χ1n) is 3.87. The van der Waals surface area contributed by atoms with Crippen LogP contribution in [0.25, 0.3) is 0 Å². The Kier molecular flexibility index (Phi) is 2.31. The van der Waals surface area contributed by atoms with Crippen LogP contribution in [-0.4, -0.2) is 36.7 Å². The van der Waals surface area contributed by atoms with Crippen molar-refractivity contribution in [3.8, 4) is 0 Å². The van der Waals surface area contributed by atoms with E-state index in [2.05, 4.69) is 15.5 Å². The van der Waals surface area contributed by atoms with Gasteiger partial charge >= 0.3 is 0 Å². The summed E-state index contributed by atoms with van der Waals surface area (Å²) in [6.45, 7) is 0.507. The molecule has 7 heteroatoms. The van der Waals surface area contributed by atoms with Crippen molar-refractivity contribution < 1.29 is 8.42 Å². The molecule has 1 saturated heterocycles. The van der Waals surface area contributed by atoms with Crippen LogP contribution in [0.4, 0.5) is 0 Å². The van der Waals surface area contributed by atoms with Gasteiger partial charge in [-0.3, -0.25) is 0 Å². The third kappa shape index (κ3) is 2.04. The van der Waals surface area contributed by atoms with E-state index in [9.17, 15) is 8.42 Å². The first-order chi connectivity index (χ1) is 6.17. The minimum Gasteiger partial charge on any atom is -0.306 e. The van der Waals surface area contributed by atoms with Crippen molar-refractivity contribution in [2.45, 2.75) is 6.04 Å². The molecule has 0 aliphatic carbocycles. The fourth-order valence-electron chi connectivity index (χ4n) is 1.28. The van der Waals surface area contributed by atoms with E-state index in [1.54, 1.807) is 5.51 Å². The van der Waals surface area contributed by atoms with Crippen molar-refractivity contribution >= 4 is 21.2 Å². The SMILES string of the molecule is O=S1(=O)CCNC(c2nncs2)C1. The second kappa shape index (κ2) is 3.32. The van der Waals surface area contributed by atoms with Gasteiger partial charge in [0.1, 0.15) is 10.5 Å². The summed E-state index contributed by atoms with van der Waals surface area (Å²) < 4.78 is 22.5. The summed E-state index contributed by atoms with van der Waals surface area (Å²) in [5.74, 6) is 0.366. The van der Waals surface area contributed by atoms with Crippen LogP contribution >= 0.6 is 11.3 Å². The van der Waals surface area contributed by atoms with Crippen molar-refractivity contribution in [1.82, 2.24) is 15.5 Å². The van der Waals surface area contributed by atoms with Crippen LogP contribution in [0.3, 0.4) is 0 Å². The van der Waals surface area contributed by atoms with Crippen LogP contribution in [0, 0.1) is 0 Å². The van der Waals surface area contributed by atoms with Gasteiger partial charge in [-0.25, -0.2) is 8.42 Å². The number of rotatable bonds is 1. The zero-order valence-electron chi connectivity index (χ0n) is 6.80. The summed E-state index contributed by atoms with van der Waals surface area (Å²) in [7, 11) is -2.88. The molecule has 1 N–H and O–H groups in total. The first-order valence-corrected chi connectivity index (χ1v) is 6.57. The summed E-state index contributed by atoms with van der Waals surface area (Å²) in [6, 6.07) is -0.161. The standard InChI is InChI=1S/C6H9N3O2S2/c10-13(11)2-1-7-5(3-13)6-9-8-4-12-6/h4-5,7H,1-3H2. The molecule has 13 heavy (non-hydrogen) atoms. The molecule has 1 aromatic heterocycles. The highest BCUT2D eigenvalue weighted by Gasteiger charge is 2.27. The van der Waals surface area contributed by atoms with Crippen molar-refractivity contribution in [1.29, 1.82) is 0 Å². The highest BCUT2D eigenvalue weighted by atomic mass is 32.2. The van der Waals surface area contributed by atoms with Gasteiger partial charge in [0, 0.05) is 6.54 Å². The topological polar surface area (TPSA) is 72.0 Å². The third-order valence-electron chi connectivity index (χ3n) is 1.90. The molecule has 1 unspecified atom stereocenters. The molecule has 5 nitrogen and oxygen atoms in total. The lowest BCUT2D eigenvalue weighted by atomic mass is 10.3. The average molecular weight is 219 g/mol. The molecule has 2 heterocycles. The van der Waals surface area contributed by atoms with Gasteiger partial charge in [0.05, 0.1) is 17.5 Å². The van der Waals surface area contributed by atoms with Gasteiger partial charge in [-0.05, 0) is 0 Å². The van der Waals surface area contributed by atoms with Crippen molar-refractivity contribution in [3.63, 3.8) is 0 Å². The highest BCUT2D eigenvalue weighted by molar-refractivity contribution is 7.91. The van der Waals surface area contributed by atoms with Crippen molar-refractivity contribution in [2.75, 3.05) is 18.1 Å². The molecule has 0 aromatic carbocycles. The van der Waals surface area contributed by atoms with Crippen LogP contribution in [0.15, 0.2) is 5.51 Å². The first kappa shape index (κ1) is 9.04. The number of nitrogens with zero attached hydrogens (tertiary/aromatic N) is 2. The zero-order valence-corrected chi connectivity index (χ0v) is 8.44. The normalized spacial score (nSPS) is 27.2. The highest BCUT2D eigenvalue weighted by Crippen LogP contribution is 2.19. The largest absolute Gasteiger partial charge is 0.306 e. The molecule has 0 bridgehead atoms. The Hall–Kier alpha value is -0.530. The fourth-order valence-corrected chi connectivity index (χ4v) is 3.39. The van der Waals surface area contributed by atoms with Crippen LogP contribution in [0.1, 0.15) is 11.0 Å². The Labute approximate surface area is 80.1 Å². The molecule has 0 spiro atoms. The molecular formula is C6H9N3O2S2. The van der Waals surface area contributed by atoms with Gasteiger partial charge < -0.3 is 5.32 Å². The molecule has 0 saturated carbocycles. The van der Waals surface area contributed by atoms with Crippen LogP contribution in [0.2, 0.25) is 0 Å². The average Bonchev–Trinajstić information content (AvgIpc) is 2.53. The van der Waals surface area contributed by atoms with Crippen molar-refractivity contribution in [3.05, 3.63) is 10.5 Å². The lowest BCUT2D eigenvalue weighted by Crippen LogP contribution is -2.39. The maximum atomic E-state index is 11.3. The Bertz CT molecular complexity index is 373. The van der Waals surface area contributed by atoms with E-state index >= 15 is 0 Å². The molecule has 1 fully saturated rings. The Morgan fingerprint density at radius 2 is 2.46 bits per heavy atom. The van der Waals surface area contributed by atoms with E-state index in [-0.39, 0.29) is 17.5 Å². The number of hydrogen-bond donors (Lipinski definition) is 1. The Balaban J connectivity index is 2.18. The molecule has 1 aliphatic heterocycles. The molecular weight excluding hydrogens is 210 g/mol. The summed E-state index contributed by atoms with van der Waals surface area (Å²) in [5.41, 5.74) is 1.61. The second-order valence-corrected chi connectivity index (χ2v) is 5.99. The molecule has 1 aliphatic rings. The van der Waals surface area contributed by atoms with Crippen molar-refractivity contribution in [2.24, 2.45) is 0 Å². The van der Waals surface area contributed by atoms with Gasteiger partial charge in [-0.1, -0.05) is 0 Å². The quantitative estimate of drug-likeness (QED) is 0.695. The lowest BCUT2D eigenvalue weighted by molar-refractivity contribution is 0.527. The van der Waals surface area contributed by atoms with E-state index < -0.39 is 9.84 Å². The van der Waals surface area contributed by atoms with Gasteiger partial charge in [0.25, 0.3) is 0 Å². The number of sulfone groups is 1. The predicted molar refractivity (Wildman–Crippen MR) is 49.3 cm³/mol. The minimum absolute atomic E-state index is 0.141. The maximum Gasteiger partial charge on any atom is 0.153 e. The molecule has 0 amide bonds. The fraction of sp³-hybridized carbons (Fsp3) is 0.667. The number of nitrogens with one attached hydrogen (secondary N) is 1. The number of aromatic nitrogens is 2. The van der Waals surface area contributed by atoms with E-state index in [1.165, 1.54) is 11.3 Å². The molecule has 1 atom stereocenters. The Morgan fingerprint density at radius 1 is 1.62 bits per heavy atom. The summed E-state index contributed by atoms with van der Waals surface area (Å²) in [6.07, 6.45) is 0. The summed E-state index contributed by atoms with van der Waals surface area (Å²) in [4.78, 5) is 0. The predicted octanol–water partition coefficient (Wildman–Crippen LogP) is -0.403. The van der Waals surface area contributed by atoms with Gasteiger partial charge in [0.2, 0.25) is 0 Å². The van der Waals surface area contributed by atoms with Crippen LogP contribution in [0.5, 0.6) is 0 Å². The van der Waals surface area contributed by atoms with E-state index in [4.69, 9.17) is 0 Å². The Morgan fingerprint density at radius 3 is 3.08 bits per heavy atom. The van der Waals surface area contributed by atoms with Gasteiger partial charge in [-0.2, -0.15) is 0 Å². The summed E-state index contributed by atoms with van der Waals surface area (Å²) >= 11 is 1.38. The van der Waals surface area contributed by atoms with E-state index in [1.807, 2.05) is 0 Å². The number of hydrogen-bond acceptors (Lipinski definition) is 6. The third-order valence-corrected chi connectivity index (χ3v) is 4.37. The monoisotopic (exact) mass is 219 g/mol. The zero-order chi connectivity index (χ0) is 9.31. The maximum absolute atomic E-state index is 11.3. The van der Waals surface area contributed by atoms with Crippen LogP contribution < -0.4 is 5.32 Å². The van der Waals surface area contributed by atoms with E-state index in [0.29, 0.717) is 6.54 Å². The minimum atomic E-state index is -2.88. The molecule has 1 aromatic rings. The second-order valence-electron chi connectivity index (χ2n) is 2.90. The summed E-state index contributed by atoms with van der Waals surface area (Å²) in [5, 5.41) is 11.4. The lowest BCUT2D eigenvalue weighted by Gasteiger charge is -2.20. The molecule has 2 rings (SSSR count). The molecule has 0 radical (unpaired) electrons. The van der Waals surface area contributed by atoms with Gasteiger partial charge in [-0.15, -0.1) is 21.5 Å². The van der Waals surface area contributed by atoms with Gasteiger partial charge in [0.15, 0.2) is 9.84 Å². The molecule has 72 valence electrons. The van der Waals surface area contributed by atoms with E-state index in [0.717, 1.165) is 5.01 Å². The van der Waals surface area contributed by atoms with Crippen LogP contribution in [-0.2, 0) is 9.84 Å².